The molecule has 1 aromatic rings. The molecule has 2 fully saturated rings. The molecule has 3 rings (SSSR count). The third kappa shape index (κ3) is 7.58. The van der Waals surface area contributed by atoms with Gasteiger partial charge in [0.1, 0.15) is 6.04 Å². The van der Waals surface area contributed by atoms with Crippen LogP contribution in [0.2, 0.25) is 0 Å². The van der Waals surface area contributed by atoms with Crippen molar-refractivity contribution in [3.8, 4) is 0 Å². The molecule has 2 heterocycles. The number of nitrogens with zero attached hydrogens (tertiary/aromatic N) is 4. The minimum Gasteiger partial charge on any atom is -0.480 e. The van der Waals surface area contributed by atoms with Crippen molar-refractivity contribution in [2.45, 2.75) is 37.2 Å². The van der Waals surface area contributed by atoms with E-state index in [0.29, 0.717) is 10.5 Å². The van der Waals surface area contributed by atoms with Crippen LogP contribution in [0, 0.1) is 0 Å². The van der Waals surface area contributed by atoms with Crippen molar-refractivity contribution in [3.63, 3.8) is 0 Å². The molecule has 2 saturated heterocycles. The second kappa shape index (κ2) is 11.3. The average molecular weight is 580 g/mol. The number of benzene rings is 1. The summed E-state index contributed by atoms with van der Waals surface area (Å²) < 4.78 is 120. The Labute approximate surface area is 216 Å². The number of rotatable bonds is 5. The number of ether oxygens (including phenoxy) is 1. The highest BCUT2D eigenvalue weighted by Gasteiger charge is 2.60. The summed E-state index contributed by atoms with van der Waals surface area (Å²) in [6, 6.07) is 2.06. The summed E-state index contributed by atoms with van der Waals surface area (Å²) in [6.45, 7) is -0.136. The first-order valence-electron chi connectivity index (χ1n) is 11.6. The summed E-state index contributed by atoms with van der Waals surface area (Å²) in [5.41, 5.74) is -0.380. The van der Waals surface area contributed by atoms with Gasteiger partial charge < -0.3 is 19.6 Å². The molecular weight excluding hydrogens is 555 g/mol. The molecule has 17 heteroatoms. The first-order chi connectivity index (χ1) is 17.9. The molecule has 220 valence electrons. The van der Waals surface area contributed by atoms with Crippen LogP contribution in [0.25, 0.3) is 0 Å². The Hall–Kier alpha value is -2.95. The Bertz CT molecular complexity index is 1030. The maximum atomic E-state index is 13.4. The van der Waals surface area contributed by atoms with E-state index in [9.17, 15) is 54.2 Å². The summed E-state index contributed by atoms with van der Waals surface area (Å²) in [4.78, 5) is 29.0. The van der Waals surface area contributed by atoms with E-state index in [2.05, 4.69) is 4.74 Å². The molecule has 1 aromatic carbocycles. The molecular formula is C22H25F9N4O4. The second-order valence-corrected chi connectivity index (χ2v) is 9.23. The lowest BCUT2D eigenvalue weighted by molar-refractivity contribution is -0.308. The maximum absolute atomic E-state index is 13.4. The lowest BCUT2D eigenvalue weighted by Crippen LogP contribution is -2.55. The number of anilines is 1. The molecule has 0 radical (unpaired) electrons. The Morgan fingerprint density at radius 3 is 2.05 bits per heavy atom. The summed E-state index contributed by atoms with van der Waals surface area (Å²) in [7, 11) is 1.58. The second-order valence-electron chi connectivity index (χ2n) is 9.23. The summed E-state index contributed by atoms with van der Waals surface area (Å²) >= 11 is 0. The quantitative estimate of drug-likeness (QED) is 0.533. The molecule has 1 N–H and O–H groups in total. The zero-order valence-corrected chi connectivity index (χ0v) is 20.4. The number of carbonyl (C=O) groups is 2. The van der Waals surface area contributed by atoms with Crippen molar-refractivity contribution in [1.82, 2.24) is 14.7 Å². The van der Waals surface area contributed by atoms with Crippen molar-refractivity contribution < 1.29 is 58.9 Å². The number of alkyl halides is 9. The summed E-state index contributed by atoms with van der Waals surface area (Å²) in [5.74, 6) is -1.14. The van der Waals surface area contributed by atoms with E-state index in [-0.39, 0.29) is 58.0 Å². The molecule has 0 saturated carbocycles. The predicted molar refractivity (Wildman–Crippen MR) is 117 cm³/mol. The minimum atomic E-state index is -5.85. The predicted octanol–water partition coefficient (Wildman–Crippen LogP) is 3.66. The molecule has 0 aliphatic carbocycles. The van der Waals surface area contributed by atoms with Crippen molar-refractivity contribution in [2.24, 2.45) is 0 Å². The number of aliphatic carboxylic acids is 1. The van der Waals surface area contributed by atoms with Gasteiger partial charge in [-0.25, -0.2) is 4.79 Å². The molecule has 0 spiro atoms. The van der Waals surface area contributed by atoms with Crippen LogP contribution in [0.3, 0.4) is 0 Å². The van der Waals surface area contributed by atoms with Gasteiger partial charge >= 0.3 is 30.6 Å². The third-order valence-corrected chi connectivity index (χ3v) is 6.52. The summed E-state index contributed by atoms with van der Waals surface area (Å²) in [6.07, 6.45) is -22.4. The van der Waals surface area contributed by atoms with Gasteiger partial charge in [0.25, 0.3) is 6.10 Å². The average Bonchev–Trinajstić information content (AvgIpc) is 2.81. The van der Waals surface area contributed by atoms with Gasteiger partial charge in [-0.1, -0.05) is 6.07 Å². The van der Waals surface area contributed by atoms with Gasteiger partial charge in [0.15, 0.2) is 0 Å². The lowest BCUT2D eigenvalue weighted by Gasteiger charge is -2.40. The van der Waals surface area contributed by atoms with Crippen LogP contribution >= 0.6 is 0 Å². The Morgan fingerprint density at radius 1 is 0.949 bits per heavy atom. The number of carbonyl (C=O) groups excluding carboxylic acids is 1. The molecule has 8 nitrogen and oxygen atoms in total. The maximum Gasteiger partial charge on any atom is 0.434 e. The zero-order valence-electron chi connectivity index (χ0n) is 20.4. The molecule has 1 unspecified atom stereocenters. The van der Waals surface area contributed by atoms with Gasteiger partial charge in [-0.05, 0) is 24.7 Å². The van der Waals surface area contributed by atoms with Gasteiger partial charge in [-0.15, -0.1) is 0 Å². The summed E-state index contributed by atoms with van der Waals surface area (Å²) in [5, 5.41) is 9.48. The van der Waals surface area contributed by atoms with Crippen LogP contribution in [0.4, 0.5) is 50.0 Å². The Morgan fingerprint density at radius 2 is 1.54 bits per heavy atom. The zero-order chi connectivity index (χ0) is 29.3. The highest BCUT2D eigenvalue weighted by molar-refractivity contribution is 5.75. The van der Waals surface area contributed by atoms with Crippen LogP contribution in [0.1, 0.15) is 11.1 Å². The first-order valence-corrected chi connectivity index (χ1v) is 11.6. The van der Waals surface area contributed by atoms with Gasteiger partial charge in [0.05, 0.1) is 5.56 Å². The topological polar surface area (TPSA) is 76.6 Å². The van der Waals surface area contributed by atoms with Gasteiger partial charge in [0.2, 0.25) is 0 Å². The van der Waals surface area contributed by atoms with Gasteiger partial charge in [0, 0.05) is 58.0 Å². The van der Waals surface area contributed by atoms with E-state index in [1.807, 2.05) is 0 Å². The van der Waals surface area contributed by atoms with Crippen LogP contribution in [0.5, 0.6) is 0 Å². The lowest BCUT2D eigenvalue weighted by atomic mass is 10.0. The van der Waals surface area contributed by atoms with E-state index in [1.54, 1.807) is 16.8 Å². The van der Waals surface area contributed by atoms with Crippen molar-refractivity contribution in [3.05, 3.63) is 29.3 Å². The van der Waals surface area contributed by atoms with Crippen LogP contribution < -0.4 is 4.90 Å². The number of amides is 1. The van der Waals surface area contributed by atoms with Crippen molar-refractivity contribution in [1.29, 1.82) is 0 Å². The molecule has 2 aliphatic rings. The third-order valence-electron chi connectivity index (χ3n) is 6.52. The Kier molecular flexibility index (Phi) is 8.84. The van der Waals surface area contributed by atoms with E-state index in [4.69, 9.17) is 0 Å². The fraction of sp³-hybridized carbons (Fsp3) is 0.636. The van der Waals surface area contributed by atoms with Crippen LogP contribution in [0.15, 0.2) is 18.2 Å². The van der Waals surface area contributed by atoms with E-state index >= 15 is 0 Å². The minimum absolute atomic E-state index is 0.0151. The van der Waals surface area contributed by atoms with E-state index < -0.39 is 48.3 Å². The standard InChI is InChI=1S/C22H25F9N4O4/c1-32-4-7-35(12-16(32)17(36)37)15-10-14(20(23,24)25)3-2-13(15)11-33-5-8-34(9-6-33)19(38)39-18(21(26,27)28)22(29,30)31/h2-3,10,16,18H,4-9,11-12H2,1H3,(H,36,37). The number of carboxylic acid groups (broad SMARTS) is 1. The molecule has 1 atom stereocenters. The number of carboxylic acids is 1. The fourth-order valence-corrected chi connectivity index (χ4v) is 4.35. The van der Waals surface area contributed by atoms with E-state index in [0.717, 1.165) is 12.1 Å². The Balaban J connectivity index is 1.72. The fourth-order valence-electron chi connectivity index (χ4n) is 4.35. The van der Waals surface area contributed by atoms with Crippen molar-refractivity contribution >= 4 is 17.7 Å². The van der Waals surface area contributed by atoms with Gasteiger partial charge in [-0.3, -0.25) is 14.6 Å². The monoisotopic (exact) mass is 580 g/mol. The number of piperazine rings is 2. The number of likely N-dealkylation sites (N-methyl/N-ethyl adjacent to an activating group) is 1. The molecule has 0 bridgehead atoms. The van der Waals surface area contributed by atoms with E-state index in [1.165, 1.54) is 11.0 Å². The number of hydrogen-bond donors (Lipinski definition) is 1. The normalized spacial score (nSPS) is 20.4. The van der Waals surface area contributed by atoms with Crippen LogP contribution in [-0.4, -0.2) is 109 Å². The molecule has 0 aromatic heterocycles. The van der Waals surface area contributed by atoms with Crippen LogP contribution in [-0.2, 0) is 22.3 Å². The molecule has 1 amide bonds. The van der Waals surface area contributed by atoms with Crippen molar-refractivity contribution in [2.75, 3.05) is 57.8 Å². The number of halogens is 9. The largest absolute Gasteiger partial charge is 0.480 e. The number of hydrogen-bond acceptors (Lipinski definition) is 6. The highest BCUT2D eigenvalue weighted by atomic mass is 19.4. The molecule has 2 aliphatic heterocycles. The van der Waals surface area contributed by atoms with Gasteiger partial charge in [-0.2, -0.15) is 39.5 Å². The smallest absolute Gasteiger partial charge is 0.434 e. The highest BCUT2D eigenvalue weighted by Crippen LogP contribution is 2.37. The molecule has 39 heavy (non-hydrogen) atoms. The first kappa shape index (κ1) is 30.6. The SMILES string of the molecule is CN1CCN(c2cc(C(F)(F)F)ccc2CN2CCN(C(=O)OC(C(F)(F)F)C(F)(F)F)CC2)CC1C(=O)O.